The van der Waals surface area contributed by atoms with Gasteiger partial charge in [0.25, 0.3) is 5.91 Å². The van der Waals surface area contributed by atoms with Crippen LogP contribution in [0.25, 0.3) is 0 Å². The summed E-state index contributed by atoms with van der Waals surface area (Å²) in [6.45, 7) is 0. The summed E-state index contributed by atoms with van der Waals surface area (Å²) in [5.41, 5.74) is 0.876. The van der Waals surface area contributed by atoms with Crippen LogP contribution in [0.15, 0.2) is 47.4 Å². The van der Waals surface area contributed by atoms with Crippen LogP contribution in [0.3, 0.4) is 0 Å². The Hall–Kier alpha value is -2.58. The van der Waals surface area contributed by atoms with Gasteiger partial charge >= 0.3 is 0 Å². The van der Waals surface area contributed by atoms with Gasteiger partial charge in [-0.25, -0.2) is 8.42 Å². The van der Waals surface area contributed by atoms with Crippen molar-refractivity contribution in [2.24, 2.45) is 0 Å². The number of anilines is 1. The second kappa shape index (κ2) is 9.49. The summed E-state index contributed by atoms with van der Waals surface area (Å²) < 4.78 is 37.8. The first-order valence-corrected chi connectivity index (χ1v) is 11.4. The Morgan fingerprint density at radius 1 is 0.967 bits per heavy atom. The van der Waals surface area contributed by atoms with Crippen LogP contribution in [0.1, 0.15) is 42.5 Å². The zero-order valence-corrected chi connectivity index (χ0v) is 18.4. The van der Waals surface area contributed by atoms with Gasteiger partial charge in [-0.15, -0.1) is 0 Å². The molecule has 7 nitrogen and oxygen atoms in total. The van der Waals surface area contributed by atoms with Crippen molar-refractivity contribution in [2.75, 3.05) is 26.6 Å². The molecule has 1 amide bonds. The molecule has 1 saturated carbocycles. The van der Waals surface area contributed by atoms with Crippen LogP contribution in [0.4, 0.5) is 5.69 Å². The van der Waals surface area contributed by atoms with Crippen molar-refractivity contribution < 1.29 is 22.7 Å². The predicted octanol–water partition coefficient (Wildman–Crippen LogP) is 3.91. The first-order valence-electron chi connectivity index (χ1n) is 9.97. The Kier molecular flexibility index (Phi) is 6.99. The summed E-state index contributed by atoms with van der Waals surface area (Å²) in [6, 6.07) is 11.1. The molecule has 1 aliphatic carbocycles. The van der Waals surface area contributed by atoms with Gasteiger partial charge in [-0.05, 0) is 37.1 Å². The lowest BCUT2D eigenvalue weighted by atomic mass is 9.96. The third-order valence-corrected chi connectivity index (χ3v) is 7.42. The summed E-state index contributed by atoms with van der Waals surface area (Å²) in [4.78, 5) is 12.8. The molecule has 2 aromatic rings. The van der Waals surface area contributed by atoms with Crippen molar-refractivity contribution in [3.05, 3.63) is 48.0 Å². The lowest BCUT2D eigenvalue weighted by Gasteiger charge is -2.30. The standard InChI is InChI=1S/C22H28N2O5S/c1-24(18-7-5-4-6-8-18)30(26,27)21-11-9-16(10-12-21)22(25)23-17-13-19(28-2)15-20(14-17)29-3/h9-15,18H,4-8H2,1-3H3,(H,23,25). The number of sulfonamides is 1. The maximum Gasteiger partial charge on any atom is 0.255 e. The number of ether oxygens (including phenoxy) is 2. The van der Waals surface area contributed by atoms with E-state index in [9.17, 15) is 13.2 Å². The fourth-order valence-corrected chi connectivity index (χ4v) is 5.08. The lowest BCUT2D eigenvalue weighted by molar-refractivity contribution is 0.102. The number of carbonyl (C=O) groups excluding carboxylic acids is 1. The molecule has 1 fully saturated rings. The first-order chi connectivity index (χ1) is 14.3. The van der Waals surface area contributed by atoms with E-state index in [0.717, 1.165) is 32.1 Å². The third-order valence-electron chi connectivity index (χ3n) is 5.49. The van der Waals surface area contributed by atoms with Crippen LogP contribution in [0, 0.1) is 0 Å². The van der Waals surface area contributed by atoms with E-state index in [1.165, 1.54) is 42.8 Å². The van der Waals surface area contributed by atoms with Crippen LogP contribution in [-0.2, 0) is 10.0 Å². The molecular weight excluding hydrogens is 404 g/mol. The van der Waals surface area contributed by atoms with Gasteiger partial charge in [-0.3, -0.25) is 4.79 Å². The van der Waals surface area contributed by atoms with Crippen LogP contribution >= 0.6 is 0 Å². The van der Waals surface area contributed by atoms with Gasteiger partial charge in [0, 0.05) is 42.5 Å². The largest absolute Gasteiger partial charge is 0.497 e. The van der Waals surface area contributed by atoms with Crippen LogP contribution in [0.5, 0.6) is 11.5 Å². The van der Waals surface area contributed by atoms with Crippen molar-refractivity contribution in [3.8, 4) is 11.5 Å². The van der Waals surface area contributed by atoms with Gasteiger partial charge in [0.1, 0.15) is 11.5 Å². The minimum atomic E-state index is -3.59. The monoisotopic (exact) mass is 432 g/mol. The number of methoxy groups -OCH3 is 2. The van der Waals surface area contributed by atoms with Crippen LogP contribution in [-0.4, -0.2) is 45.9 Å². The molecule has 3 rings (SSSR count). The van der Waals surface area contributed by atoms with Crippen molar-refractivity contribution in [1.29, 1.82) is 0 Å². The summed E-state index contributed by atoms with van der Waals surface area (Å²) in [6.07, 6.45) is 5.05. The molecule has 0 unspecified atom stereocenters. The Morgan fingerprint density at radius 2 is 1.53 bits per heavy atom. The molecule has 0 spiro atoms. The third kappa shape index (κ3) is 4.94. The zero-order chi connectivity index (χ0) is 21.7. The molecule has 1 N–H and O–H groups in total. The van der Waals surface area contributed by atoms with E-state index < -0.39 is 10.0 Å². The van der Waals surface area contributed by atoms with E-state index in [1.54, 1.807) is 25.2 Å². The Balaban J connectivity index is 1.74. The number of carbonyl (C=O) groups is 1. The quantitative estimate of drug-likeness (QED) is 0.717. The number of hydrogen-bond acceptors (Lipinski definition) is 5. The predicted molar refractivity (Wildman–Crippen MR) is 116 cm³/mol. The molecule has 0 bridgehead atoms. The minimum absolute atomic E-state index is 0.0368. The molecule has 0 atom stereocenters. The molecular formula is C22H28N2O5S. The molecule has 0 radical (unpaired) electrons. The number of rotatable bonds is 7. The van der Waals surface area contributed by atoms with Crippen molar-refractivity contribution >= 4 is 21.6 Å². The SMILES string of the molecule is COc1cc(NC(=O)c2ccc(S(=O)(=O)N(C)C3CCCCC3)cc2)cc(OC)c1. The van der Waals surface area contributed by atoms with E-state index in [4.69, 9.17) is 9.47 Å². The molecule has 30 heavy (non-hydrogen) atoms. The summed E-state index contributed by atoms with van der Waals surface area (Å²) >= 11 is 0. The highest BCUT2D eigenvalue weighted by molar-refractivity contribution is 7.89. The molecule has 0 saturated heterocycles. The second-order valence-corrected chi connectivity index (χ2v) is 9.39. The molecule has 162 valence electrons. The fourth-order valence-electron chi connectivity index (χ4n) is 3.67. The topological polar surface area (TPSA) is 84.9 Å². The smallest absolute Gasteiger partial charge is 0.255 e. The molecule has 0 aliphatic heterocycles. The highest BCUT2D eigenvalue weighted by atomic mass is 32.2. The van der Waals surface area contributed by atoms with Gasteiger partial charge in [-0.2, -0.15) is 4.31 Å². The first kappa shape index (κ1) is 22.1. The van der Waals surface area contributed by atoms with Crippen LogP contribution < -0.4 is 14.8 Å². The number of hydrogen-bond donors (Lipinski definition) is 1. The van der Waals surface area contributed by atoms with E-state index in [-0.39, 0.29) is 16.8 Å². The summed E-state index contributed by atoms with van der Waals surface area (Å²) in [5, 5.41) is 2.78. The van der Waals surface area contributed by atoms with E-state index in [0.29, 0.717) is 22.7 Å². The number of nitrogens with one attached hydrogen (secondary N) is 1. The zero-order valence-electron chi connectivity index (χ0n) is 17.6. The lowest BCUT2D eigenvalue weighted by Crippen LogP contribution is -2.38. The van der Waals surface area contributed by atoms with E-state index >= 15 is 0 Å². The molecule has 0 heterocycles. The number of nitrogens with zero attached hydrogens (tertiary/aromatic N) is 1. The highest BCUT2D eigenvalue weighted by Crippen LogP contribution is 2.28. The van der Waals surface area contributed by atoms with Gasteiger partial charge in [-0.1, -0.05) is 19.3 Å². The molecule has 8 heteroatoms. The normalized spacial score (nSPS) is 15.1. The molecule has 0 aromatic heterocycles. The van der Waals surface area contributed by atoms with Crippen molar-refractivity contribution in [2.45, 2.75) is 43.0 Å². The average Bonchev–Trinajstić information content (AvgIpc) is 2.78. The van der Waals surface area contributed by atoms with E-state index in [1.807, 2.05) is 0 Å². The average molecular weight is 433 g/mol. The van der Waals surface area contributed by atoms with Gasteiger partial charge in [0.2, 0.25) is 10.0 Å². The number of amides is 1. The van der Waals surface area contributed by atoms with Gasteiger partial charge < -0.3 is 14.8 Å². The Bertz CT molecular complexity index is 961. The summed E-state index contributed by atoms with van der Waals surface area (Å²) in [7, 11) is 1.11. The fraction of sp³-hybridized carbons (Fsp3) is 0.409. The minimum Gasteiger partial charge on any atom is -0.497 e. The van der Waals surface area contributed by atoms with Gasteiger partial charge in [0.15, 0.2) is 0 Å². The van der Waals surface area contributed by atoms with E-state index in [2.05, 4.69) is 5.32 Å². The maximum absolute atomic E-state index is 12.9. The Labute approximate surface area is 178 Å². The highest BCUT2D eigenvalue weighted by Gasteiger charge is 2.29. The maximum atomic E-state index is 12.9. The second-order valence-electron chi connectivity index (χ2n) is 7.39. The number of benzene rings is 2. The van der Waals surface area contributed by atoms with Crippen LogP contribution in [0.2, 0.25) is 0 Å². The van der Waals surface area contributed by atoms with Crippen molar-refractivity contribution in [1.82, 2.24) is 4.31 Å². The summed E-state index contributed by atoms with van der Waals surface area (Å²) in [5.74, 6) is 0.753. The Morgan fingerprint density at radius 3 is 2.07 bits per heavy atom. The van der Waals surface area contributed by atoms with Crippen molar-refractivity contribution in [3.63, 3.8) is 0 Å². The molecule has 2 aromatic carbocycles. The van der Waals surface area contributed by atoms with Gasteiger partial charge in [0.05, 0.1) is 19.1 Å². The molecule has 1 aliphatic rings.